The summed E-state index contributed by atoms with van der Waals surface area (Å²) < 4.78 is 17.9. The molecule has 0 amide bonds. The number of aromatic nitrogens is 2. The fourth-order valence-corrected chi connectivity index (χ4v) is 3.73. The highest BCUT2D eigenvalue weighted by Crippen LogP contribution is 2.33. The fourth-order valence-electron chi connectivity index (χ4n) is 2.36. The Morgan fingerprint density at radius 3 is 2.96 bits per heavy atom. The fraction of sp³-hybridized carbons (Fsp3) is 0.692. The number of aryl methyl sites for hydroxylation is 1. The number of hydrogen-bond donors (Lipinski definition) is 1. The lowest BCUT2D eigenvalue weighted by Gasteiger charge is -2.15. The van der Waals surface area contributed by atoms with E-state index in [2.05, 4.69) is 15.0 Å². The summed E-state index contributed by atoms with van der Waals surface area (Å²) in [5.74, 6) is 0. The summed E-state index contributed by atoms with van der Waals surface area (Å²) in [6.07, 6.45) is 0.406. The largest absolute Gasteiger partial charge is 0.522 e. The summed E-state index contributed by atoms with van der Waals surface area (Å²) in [5, 5.41) is 3.71. The minimum atomic E-state index is -1.50. The Morgan fingerprint density at radius 2 is 2.32 bits per heavy atom. The average molecular weight is 388 g/mol. The Hall–Kier alpha value is -1.61. The molecule has 10 nitrogen and oxygen atoms in total. The lowest BCUT2D eigenvalue weighted by Crippen LogP contribution is -2.33. The molecule has 0 spiro atoms. The van der Waals surface area contributed by atoms with Crippen molar-refractivity contribution in [3.05, 3.63) is 43.0 Å². The van der Waals surface area contributed by atoms with E-state index in [9.17, 15) is 9.59 Å². The molecule has 1 fully saturated rings. The van der Waals surface area contributed by atoms with Gasteiger partial charge in [-0.3, -0.25) is 14.3 Å². The van der Waals surface area contributed by atoms with Crippen molar-refractivity contribution in [1.29, 1.82) is 0 Å². The van der Waals surface area contributed by atoms with E-state index in [1.54, 1.807) is 6.92 Å². The third-order valence-electron chi connectivity index (χ3n) is 3.50. The van der Waals surface area contributed by atoms with Crippen LogP contribution in [0, 0.1) is 6.92 Å². The van der Waals surface area contributed by atoms with E-state index in [0.29, 0.717) is 5.56 Å². The second-order valence-electron chi connectivity index (χ2n) is 5.79. The van der Waals surface area contributed by atoms with Crippen LogP contribution in [-0.2, 0) is 25.6 Å². The lowest BCUT2D eigenvalue weighted by atomic mass is 10.1. The second kappa shape index (κ2) is 8.66. The number of H-pyrrole nitrogens is 1. The van der Waals surface area contributed by atoms with Crippen molar-refractivity contribution in [2.75, 3.05) is 6.61 Å². The van der Waals surface area contributed by atoms with Gasteiger partial charge in [0.15, 0.2) is 0 Å². The Bertz CT molecular complexity index is 803. The molecule has 0 radical (unpaired) electrons. The zero-order chi connectivity index (χ0) is 18.6. The highest BCUT2D eigenvalue weighted by molar-refractivity contribution is 8.00. The topological polar surface area (TPSA) is 131 Å². The van der Waals surface area contributed by atoms with Crippen LogP contribution in [0.3, 0.4) is 0 Å². The molecule has 25 heavy (non-hydrogen) atoms. The molecule has 0 aliphatic carbocycles. The summed E-state index contributed by atoms with van der Waals surface area (Å²) in [4.78, 5) is 28.5. The molecule has 1 N–H and O–H groups in total. The van der Waals surface area contributed by atoms with Crippen LogP contribution in [0.2, 0.25) is 0 Å². The predicted octanol–water partition coefficient (Wildman–Crippen LogP) is 2.03. The number of azide groups is 1. The third-order valence-corrected chi connectivity index (χ3v) is 5.03. The van der Waals surface area contributed by atoms with Gasteiger partial charge in [-0.2, -0.15) is 0 Å². The summed E-state index contributed by atoms with van der Waals surface area (Å²) in [7, 11) is -1.50. The minimum absolute atomic E-state index is 0.0588. The third kappa shape index (κ3) is 5.18. The number of nitrogens with one attached hydrogen (secondary N) is 1. The van der Waals surface area contributed by atoms with Crippen LogP contribution in [0.5, 0.6) is 0 Å². The first kappa shape index (κ1) is 19.7. The van der Waals surface area contributed by atoms with Crippen molar-refractivity contribution in [2.24, 2.45) is 5.11 Å². The van der Waals surface area contributed by atoms with Crippen molar-refractivity contribution < 1.29 is 13.8 Å². The molecule has 12 heteroatoms. The van der Waals surface area contributed by atoms with Gasteiger partial charge < -0.3 is 4.74 Å². The molecule has 0 bridgehead atoms. The molecule has 136 valence electrons. The molecule has 4 atom stereocenters. The molecule has 1 aromatic rings. The Kier molecular flexibility index (Phi) is 6.83. The maximum atomic E-state index is 12.0. The van der Waals surface area contributed by atoms with E-state index in [4.69, 9.17) is 31.1 Å². The first-order valence-electron chi connectivity index (χ1n) is 7.60. The minimum Gasteiger partial charge on any atom is -0.352 e. The molecule has 2 heterocycles. The molecule has 0 aromatic carbocycles. The molecule has 2 rings (SSSR count). The zero-order valence-electron chi connectivity index (χ0n) is 14.0. The summed E-state index contributed by atoms with van der Waals surface area (Å²) in [6, 6.07) is -0.522. The smallest absolute Gasteiger partial charge is 0.352 e. The molecule has 1 aliphatic heterocycles. The van der Waals surface area contributed by atoms with Crippen LogP contribution in [0.15, 0.2) is 20.9 Å². The highest BCUT2D eigenvalue weighted by Gasteiger charge is 2.38. The van der Waals surface area contributed by atoms with Crippen LogP contribution < -0.4 is 11.2 Å². The molecule has 1 aliphatic rings. The molecule has 1 unspecified atom stereocenters. The van der Waals surface area contributed by atoms with Crippen molar-refractivity contribution in [2.45, 2.75) is 51.7 Å². The molecule has 0 saturated carbocycles. The maximum Gasteiger partial charge on any atom is 0.522 e. The number of hydrogen-bond acceptors (Lipinski definition) is 7. The van der Waals surface area contributed by atoms with Crippen molar-refractivity contribution >= 4 is 19.0 Å². The molecule has 1 aromatic heterocycles. The maximum absolute atomic E-state index is 12.0. The quantitative estimate of drug-likeness (QED) is 0.329. The van der Waals surface area contributed by atoms with Gasteiger partial charge in [-0.05, 0) is 26.3 Å². The van der Waals surface area contributed by atoms with Gasteiger partial charge in [0.1, 0.15) is 18.9 Å². The van der Waals surface area contributed by atoms with Gasteiger partial charge in [-0.15, -0.1) is 9.05 Å². The number of aromatic amines is 1. The standard InChI is InChI=1S/C13H18N5O5PS/c1-7(2)23-24(25)21-6-10-9(16-17-14)4-11(22-10)18-5-8(3)12(19)15-13(18)20/h5,7,9-11H,4,6H2,1-3H3/p+1/t9-,10+,11+/m0/s1. The Balaban J connectivity index is 2.13. The van der Waals surface area contributed by atoms with Crippen molar-refractivity contribution in [3.63, 3.8) is 0 Å². The Labute approximate surface area is 149 Å². The van der Waals surface area contributed by atoms with E-state index in [-0.39, 0.29) is 19.1 Å². The summed E-state index contributed by atoms with van der Waals surface area (Å²) in [5.41, 5.74) is 8.08. The molecular weight excluding hydrogens is 369 g/mol. The molecule has 1 saturated heterocycles. The van der Waals surface area contributed by atoms with Gasteiger partial charge in [0.25, 0.3) is 5.56 Å². The normalized spacial score (nSPS) is 23.5. The first-order chi connectivity index (χ1) is 11.8. The number of nitrogens with zero attached hydrogens (tertiary/aromatic N) is 4. The van der Waals surface area contributed by atoms with Crippen molar-refractivity contribution in [3.8, 4) is 0 Å². The van der Waals surface area contributed by atoms with Gasteiger partial charge in [-0.1, -0.05) is 5.11 Å². The van der Waals surface area contributed by atoms with E-state index >= 15 is 0 Å². The highest BCUT2D eigenvalue weighted by atomic mass is 32.4. The van der Waals surface area contributed by atoms with Gasteiger partial charge >= 0.3 is 12.8 Å². The van der Waals surface area contributed by atoms with Gasteiger partial charge in [0.2, 0.25) is 11.8 Å². The lowest BCUT2D eigenvalue weighted by molar-refractivity contribution is -0.0224. The Morgan fingerprint density at radius 1 is 1.60 bits per heavy atom. The van der Waals surface area contributed by atoms with Crippen molar-refractivity contribution in [1.82, 2.24) is 9.55 Å². The van der Waals surface area contributed by atoms with Gasteiger partial charge in [0, 0.05) is 23.1 Å². The van der Waals surface area contributed by atoms with Crippen LogP contribution in [0.1, 0.15) is 32.1 Å². The second-order valence-corrected chi connectivity index (χ2v) is 7.60. The zero-order valence-corrected chi connectivity index (χ0v) is 15.7. The van der Waals surface area contributed by atoms with E-state index in [1.807, 2.05) is 13.8 Å². The number of rotatable bonds is 7. The summed E-state index contributed by atoms with van der Waals surface area (Å²) in [6.45, 7) is 5.36. The van der Waals surface area contributed by atoms with E-state index in [0.717, 1.165) is 0 Å². The van der Waals surface area contributed by atoms with Gasteiger partial charge in [-0.25, -0.2) is 4.79 Å². The van der Waals surface area contributed by atoms with Crippen LogP contribution in [0.4, 0.5) is 0 Å². The first-order valence-corrected chi connectivity index (χ1v) is 9.79. The average Bonchev–Trinajstić information content (AvgIpc) is 2.91. The predicted molar refractivity (Wildman–Crippen MR) is 94.0 cm³/mol. The molecular formula is C13H19N5O5PS+. The van der Waals surface area contributed by atoms with Crippen LogP contribution in [-0.4, -0.2) is 34.4 Å². The number of ether oxygens (including phenoxy) is 1. The SMILES string of the molecule is Cc1cn([C@H]2C[C@H](N=[N+]=[N-])[C@@H](CO[P+](=S)OC(C)C)O2)c(=O)[nH]c1=O. The van der Waals surface area contributed by atoms with Gasteiger partial charge in [0.05, 0.1) is 12.1 Å². The summed E-state index contributed by atoms with van der Waals surface area (Å²) >= 11 is 5.09. The van der Waals surface area contributed by atoms with E-state index in [1.165, 1.54) is 10.8 Å². The van der Waals surface area contributed by atoms with E-state index < -0.39 is 36.8 Å². The van der Waals surface area contributed by atoms with Crippen LogP contribution in [0.25, 0.3) is 10.4 Å². The monoisotopic (exact) mass is 388 g/mol. The van der Waals surface area contributed by atoms with Crippen LogP contribution >= 0.6 is 7.15 Å².